The van der Waals surface area contributed by atoms with Gasteiger partial charge in [-0.15, -0.1) is 0 Å². The molecule has 0 saturated heterocycles. The van der Waals surface area contributed by atoms with Gasteiger partial charge in [-0.2, -0.15) is 0 Å². The average Bonchev–Trinajstić information content (AvgIpc) is 2.69. The molecule has 1 saturated carbocycles. The molecular weight excluding hydrogens is 234 g/mol. The Hall–Kier alpha value is -0.870. The largest absolute Gasteiger partial charge is 0.497 e. The highest BCUT2D eigenvalue weighted by molar-refractivity contribution is 7.85. The molecule has 4 heteroatoms. The number of rotatable bonds is 3. The van der Waals surface area contributed by atoms with Crippen LogP contribution in [0.2, 0.25) is 0 Å². The summed E-state index contributed by atoms with van der Waals surface area (Å²) < 4.78 is 17.5. The molecule has 2 N–H and O–H groups in total. The Morgan fingerprint density at radius 3 is 2.41 bits per heavy atom. The third-order valence-corrected chi connectivity index (χ3v) is 5.56. The van der Waals surface area contributed by atoms with E-state index >= 15 is 0 Å². The fraction of sp³-hybridized carbons (Fsp3) is 0.538. The fourth-order valence-electron chi connectivity index (χ4n) is 2.34. The van der Waals surface area contributed by atoms with E-state index in [-0.39, 0.29) is 11.3 Å². The van der Waals surface area contributed by atoms with Crippen molar-refractivity contribution in [3.63, 3.8) is 0 Å². The molecule has 0 radical (unpaired) electrons. The summed E-state index contributed by atoms with van der Waals surface area (Å²) in [6.07, 6.45) is 1.94. The summed E-state index contributed by atoms with van der Waals surface area (Å²) in [5, 5.41) is 0.193. The first-order valence-corrected chi connectivity index (χ1v) is 7.15. The van der Waals surface area contributed by atoms with E-state index < -0.39 is 10.8 Å². The minimum absolute atomic E-state index is 0.193. The van der Waals surface area contributed by atoms with Crippen molar-refractivity contribution in [3.8, 4) is 5.75 Å². The highest BCUT2D eigenvalue weighted by atomic mass is 32.2. The standard InChI is InChI=1S/C13H19NO2S/c1-9-12(14)7-8-13(9)17(15)11-5-3-10(16-2)4-6-11/h3-6,9,12-13H,7-8,14H2,1-2H3. The van der Waals surface area contributed by atoms with E-state index in [1.807, 2.05) is 24.3 Å². The van der Waals surface area contributed by atoms with Crippen molar-refractivity contribution in [3.05, 3.63) is 24.3 Å². The molecule has 0 heterocycles. The Morgan fingerprint density at radius 2 is 1.94 bits per heavy atom. The van der Waals surface area contributed by atoms with Crippen LogP contribution in [-0.4, -0.2) is 22.6 Å². The third-order valence-electron chi connectivity index (χ3n) is 3.61. The van der Waals surface area contributed by atoms with Crippen LogP contribution in [0.4, 0.5) is 0 Å². The maximum atomic E-state index is 12.4. The van der Waals surface area contributed by atoms with Gasteiger partial charge in [-0.3, -0.25) is 4.21 Å². The summed E-state index contributed by atoms with van der Waals surface area (Å²) in [6, 6.07) is 7.67. The maximum Gasteiger partial charge on any atom is 0.118 e. The monoisotopic (exact) mass is 253 g/mol. The highest BCUT2D eigenvalue weighted by Crippen LogP contribution is 2.31. The van der Waals surface area contributed by atoms with Gasteiger partial charge in [0.15, 0.2) is 0 Å². The number of nitrogens with two attached hydrogens (primary N) is 1. The van der Waals surface area contributed by atoms with E-state index in [1.54, 1.807) is 7.11 Å². The summed E-state index contributed by atoms with van der Waals surface area (Å²) in [5.74, 6) is 1.12. The summed E-state index contributed by atoms with van der Waals surface area (Å²) >= 11 is 0. The molecule has 0 amide bonds. The van der Waals surface area contributed by atoms with Crippen molar-refractivity contribution in [2.45, 2.75) is 36.0 Å². The lowest BCUT2D eigenvalue weighted by Gasteiger charge is -2.17. The molecule has 1 aliphatic carbocycles. The second-order valence-electron chi connectivity index (χ2n) is 4.61. The summed E-state index contributed by atoms with van der Waals surface area (Å²) in [4.78, 5) is 0.872. The van der Waals surface area contributed by atoms with Gasteiger partial charge in [-0.1, -0.05) is 6.92 Å². The Bertz CT molecular complexity index is 404. The second-order valence-corrected chi connectivity index (χ2v) is 6.28. The first-order valence-electron chi connectivity index (χ1n) is 5.93. The number of ether oxygens (including phenoxy) is 1. The lowest BCUT2D eigenvalue weighted by atomic mass is 10.1. The van der Waals surface area contributed by atoms with E-state index in [0.29, 0.717) is 5.92 Å². The van der Waals surface area contributed by atoms with Crippen LogP contribution < -0.4 is 10.5 Å². The molecule has 1 aromatic carbocycles. The molecular formula is C13H19NO2S. The number of hydrogen-bond acceptors (Lipinski definition) is 3. The Labute approximate surface area is 105 Å². The SMILES string of the molecule is COc1ccc(S(=O)C2CCC(N)C2C)cc1. The molecule has 1 fully saturated rings. The molecule has 0 aromatic heterocycles. The topological polar surface area (TPSA) is 52.3 Å². The van der Waals surface area contributed by atoms with Crippen LogP contribution in [0.3, 0.4) is 0 Å². The van der Waals surface area contributed by atoms with Gasteiger partial charge in [0, 0.05) is 16.2 Å². The van der Waals surface area contributed by atoms with E-state index in [1.165, 1.54) is 0 Å². The van der Waals surface area contributed by atoms with Gasteiger partial charge in [0.2, 0.25) is 0 Å². The molecule has 94 valence electrons. The van der Waals surface area contributed by atoms with Crippen LogP contribution >= 0.6 is 0 Å². The summed E-state index contributed by atoms with van der Waals surface area (Å²) in [7, 11) is 0.674. The molecule has 0 spiro atoms. The lowest BCUT2D eigenvalue weighted by Crippen LogP contribution is -2.29. The van der Waals surface area contributed by atoms with Crippen LogP contribution in [0.1, 0.15) is 19.8 Å². The Balaban J connectivity index is 2.14. The Kier molecular flexibility index (Phi) is 3.84. The van der Waals surface area contributed by atoms with E-state index in [2.05, 4.69) is 6.92 Å². The molecule has 1 aliphatic rings. The quantitative estimate of drug-likeness (QED) is 0.895. The molecule has 4 unspecified atom stereocenters. The van der Waals surface area contributed by atoms with Crippen LogP contribution in [-0.2, 0) is 10.8 Å². The zero-order chi connectivity index (χ0) is 12.4. The lowest BCUT2D eigenvalue weighted by molar-refractivity contribution is 0.414. The van der Waals surface area contributed by atoms with Gasteiger partial charge in [0.25, 0.3) is 0 Å². The smallest absolute Gasteiger partial charge is 0.118 e. The number of hydrogen-bond donors (Lipinski definition) is 1. The summed E-state index contributed by atoms with van der Waals surface area (Å²) in [6.45, 7) is 2.10. The van der Waals surface area contributed by atoms with Crippen LogP contribution in [0, 0.1) is 5.92 Å². The molecule has 1 aromatic rings. The minimum Gasteiger partial charge on any atom is -0.497 e. The molecule has 2 rings (SSSR count). The van der Waals surface area contributed by atoms with Gasteiger partial charge in [-0.25, -0.2) is 0 Å². The first kappa shape index (κ1) is 12.6. The van der Waals surface area contributed by atoms with Crippen molar-refractivity contribution >= 4 is 10.8 Å². The van der Waals surface area contributed by atoms with Gasteiger partial charge >= 0.3 is 0 Å². The predicted octanol–water partition coefficient (Wildman–Crippen LogP) is 1.93. The fourth-order valence-corrected chi connectivity index (χ4v) is 4.04. The molecule has 0 aliphatic heterocycles. The zero-order valence-electron chi connectivity index (χ0n) is 10.3. The summed E-state index contributed by atoms with van der Waals surface area (Å²) in [5.41, 5.74) is 5.98. The highest BCUT2D eigenvalue weighted by Gasteiger charge is 2.34. The normalized spacial score (nSPS) is 30.2. The van der Waals surface area contributed by atoms with E-state index in [4.69, 9.17) is 10.5 Å². The number of methoxy groups -OCH3 is 1. The molecule has 4 atom stereocenters. The van der Waals surface area contributed by atoms with Gasteiger partial charge < -0.3 is 10.5 Å². The van der Waals surface area contributed by atoms with Crippen molar-refractivity contribution in [1.82, 2.24) is 0 Å². The van der Waals surface area contributed by atoms with Crippen LogP contribution in [0.5, 0.6) is 5.75 Å². The van der Waals surface area contributed by atoms with Crippen molar-refractivity contribution in [1.29, 1.82) is 0 Å². The molecule has 3 nitrogen and oxygen atoms in total. The van der Waals surface area contributed by atoms with E-state index in [9.17, 15) is 4.21 Å². The second kappa shape index (κ2) is 5.19. The first-order chi connectivity index (χ1) is 8.13. The van der Waals surface area contributed by atoms with Crippen LogP contribution in [0.15, 0.2) is 29.2 Å². The van der Waals surface area contributed by atoms with E-state index in [0.717, 1.165) is 23.5 Å². The van der Waals surface area contributed by atoms with Gasteiger partial charge in [-0.05, 0) is 43.0 Å². The maximum absolute atomic E-state index is 12.4. The average molecular weight is 253 g/mol. The van der Waals surface area contributed by atoms with Gasteiger partial charge in [0.05, 0.1) is 17.9 Å². The van der Waals surface area contributed by atoms with Crippen molar-refractivity contribution < 1.29 is 8.95 Å². The minimum atomic E-state index is -0.955. The third kappa shape index (κ3) is 2.53. The van der Waals surface area contributed by atoms with Crippen molar-refractivity contribution in [2.24, 2.45) is 11.7 Å². The molecule has 17 heavy (non-hydrogen) atoms. The molecule has 0 bridgehead atoms. The Morgan fingerprint density at radius 1 is 1.29 bits per heavy atom. The van der Waals surface area contributed by atoms with Crippen LogP contribution in [0.25, 0.3) is 0 Å². The zero-order valence-corrected chi connectivity index (χ0v) is 11.1. The number of benzene rings is 1. The van der Waals surface area contributed by atoms with Gasteiger partial charge in [0.1, 0.15) is 5.75 Å². The predicted molar refractivity (Wildman–Crippen MR) is 69.6 cm³/mol. The van der Waals surface area contributed by atoms with Crippen molar-refractivity contribution in [2.75, 3.05) is 7.11 Å².